The molecule has 0 bridgehead atoms. The highest BCUT2D eigenvalue weighted by atomic mass is 16.5. The summed E-state index contributed by atoms with van der Waals surface area (Å²) in [6, 6.07) is 0. The van der Waals surface area contributed by atoms with Crippen molar-refractivity contribution in [2.45, 2.75) is 33.0 Å². The van der Waals surface area contributed by atoms with E-state index in [1.54, 1.807) is 20.8 Å². The third kappa shape index (κ3) is 3.77. The van der Waals surface area contributed by atoms with Crippen molar-refractivity contribution in [1.29, 1.82) is 0 Å². The van der Waals surface area contributed by atoms with E-state index >= 15 is 0 Å². The van der Waals surface area contributed by atoms with Crippen LogP contribution in [0.4, 0.5) is 0 Å². The number of carbonyl (C=O) groups is 1. The number of rotatable bonds is 3. The predicted octanol–water partition coefficient (Wildman–Crippen LogP) is -0.0693. The molecule has 0 spiro atoms. The molecular weight excluding hydrogens is 184 g/mol. The molecule has 0 amide bonds. The topological polar surface area (TPSA) is 66.8 Å². The summed E-state index contributed by atoms with van der Waals surface area (Å²) in [6.45, 7) is 4.91. The third-order valence-corrected chi connectivity index (χ3v) is 1.73. The molecule has 0 saturated carbocycles. The van der Waals surface area contributed by atoms with E-state index in [-0.39, 0.29) is 6.61 Å². The van der Waals surface area contributed by atoms with Gasteiger partial charge in [0.25, 0.3) is 0 Å². The van der Waals surface area contributed by atoms with Crippen molar-refractivity contribution < 1.29 is 19.7 Å². The molecule has 0 radical (unpaired) electrons. The Morgan fingerprint density at radius 2 is 2.00 bits per heavy atom. The van der Waals surface area contributed by atoms with Gasteiger partial charge in [-0.1, -0.05) is 26.7 Å². The maximum atomic E-state index is 11.1. The third-order valence-electron chi connectivity index (χ3n) is 1.73. The molecule has 0 aromatic carbocycles. The van der Waals surface area contributed by atoms with Gasteiger partial charge in [-0.3, -0.25) is 0 Å². The highest BCUT2D eigenvalue weighted by molar-refractivity contribution is 5.75. The number of aliphatic hydroxyl groups is 2. The monoisotopic (exact) mass is 200 g/mol. The molecule has 2 unspecified atom stereocenters. The fourth-order valence-corrected chi connectivity index (χ4v) is 0.801. The fraction of sp³-hybridized carbons (Fsp3) is 0.700. The van der Waals surface area contributed by atoms with E-state index in [9.17, 15) is 15.0 Å². The van der Waals surface area contributed by atoms with Crippen molar-refractivity contribution in [1.82, 2.24) is 0 Å². The van der Waals surface area contributed by atoms with Gasteiger partial charge in [-0.05, 0) is 5.41 Å². The molecule has 0 aromatic rings. The highest BCUT2D eigenvalue weighted by Crippen LogP contribution is 2.22. The maximum absolute atomic E-state index is 11.1. The summed E-state index contributed by atoms with van der Waals surface area (Å²) in [7, 11) is 0. The number of aliphatic hydroxyl groups excluding tert-OH is 2. The van der Waals surface area contributed by atoms with Crippen molar-refractivity contribution >= 4 is 5.97 Å². The van der Waals surface area contributed by atoms with Gasteiger partial charge in [0, 0.05) is 0 Å². The number of terminal acetylenes is 1. The Morgan fingerprint density at radius 1 is 1.50 bits per heavy atom. The van der Waals surface area contributed by atoms with E-state index in [4.69, 9.17) is 6.42 Å². The van der Waals surface area contributed by atoms with E-state index in [0.29, 0.717) is 0 Å². The largest absolute Gasteiger partial charge is 0.451 e. The average molecular weight is 200 g/mol. The van der Waals surface area contributed by atoms with Crippen molar-refractivity contribution in [3.63, 3.8) is 0 Å². The molecule has 0 aliphatic rings. The van der Waals surface area contributed by atoms with Crippen molar-refractivity contribution in [2.24, 2.45) is 5.41 Å². The lowest BCUT2D eigenvalue weighted by Crippen LogP contribution is -2.43. The van der Waals surface area contributed by atoms with Crippen LogP contribution in [0.2, 0.25) is 0 Å². The summed E-state index contributed by atoms with van der Waals surface area (Å²) in [5.41, 5.74) is -0.589. The minimum absolute atomic E-state index is 0.202. The van der Waals surface area contributed by atoms with Gasteiger partial charge in [0.15, 0.2) is 12.7 Å². The van der Waals surface area contributed by atoms with Crippen LogP contribution in [0.25, 0.3) is 0 Å². The minimum Gasteiger partial charge on any atom is -0.451 e. The molecule has 80 valence electrons. The second-order valence-electron chi connectivity index (χ2n) is 4.07. The molecule has 0 fully saturated rings. The summed E-state index contributed by atoms with van der Waals surface area (Å²) in [5, 5.41) is 18.9. The Balaban J connectivity index is 4.26. The molecule has 0 aliphatic heterocycles. The van der Waals surface area contributed by atoms with Crippen LogP contribution in [-0.4, -0.2) is 35.0 Å². The first-order valence-corrected chi connectivity index (χ1v) is 4.27. The van der Waals surface area contributed by atoms with E-state index in [0.717, 1.165) is 0 Å². The first kappa shape index (κ1) is 12.9. The number of carbonyl (C=O) groups excluding carboxylic acids is 1. The zero-order valence-electron chi connectivity index (χ0n) is 8.65. The Kier molecular flexibility index (Phi) is 4.61. The lowest BCUT2D eigenvalue weighted by molar-refractivity contribution is -0.162. The lowest BCUT2D eigenvalue weighted by atomic mass is 9.86. The maximum Gasteiger partial charge on any atom is 0.338 e. The molecule has 0 saturated heterocycles. The highest BCUT2D eigenvalue weighted by Gasteiger charge is 2.34. The minimum atomic E-state index is -1.55. The Hall–Kier alpha value is -1.05. The zero-order valence-corrected chi connectivity index (χ0v) is 8.65. The van der Waals surface area contributed by atoms with Crippen LogP contribution < -0.4 is 0 Å². The van der Waals surface area contributed by atoms with Gasteiger partial charge in [-0.25, -0.2) is 4.79 Å². The van der Waals surface area contributed by atoms with Gasteiger partial charge < -0.3 is 14.9 Å². The van der Waals surface area contributed by atoms with E-state index in [1.807, 2.05) is 0 Å². The van der Waals surface area contributed by atoms with E-state index in [1.165, 1.54) is 0 Å². The Bertz CT molecular complexity index is 233. The smallest absolute Gasteiger partial charge is 0.338 e. The molecule has 2 atom stereocenters. The van der Waals surface area contributed by atoms with Gasteiger partial charge in [0.05, 0.1) is 6.10 Å². The van der Waals surface area contributed by atoms with Crippen LogP contribution in [0.1, 0.15) is 20.8 Å². The summed E-state index contributed by atoms with van der Waals surface area (Å²) in [5.74, 6) is 1.20. The predicted molar refractivity (Wildman–Crippen MR) is 51.3 cm³/mol. The first-order chi connectivity index (χ1) is 6.30. The molecule has 0 aliphatic carbocycles. The van der Waals surface area contributed by atoms with Crippen molar-refractivity contribution in [2.75, 3.05) is 6.61 Å². The van der Waals surface area contributed by atoms with Crippen LogP contribution in [0.15, 0.2) is 0 Å². The summed E-state index contributed by atoms with van der Waals surface area (Å²) < 4.78 is 4.48. The van der Waals surface area contributed by atoms with Crippen molar-refractivity contribution in [3.05, 3.63) is 0 Å². The Morgan fingerprint density at radius 3 is 2.36 bits per heavy atom. The second kappa shape index (κ2) is 4.99. The van der Waals surface area contributed by atoms with Gasteiger partial charge in [-0.2, -0.15) is 0 Å². The molecule has 2 N–H and O–H groups in total. The fourth-order valence-electron chi connectivity index (χ4n) is 0.801. The molecule has 0 aromatic heterocycles. The van der Waals surface area contributed by atoms with Crippen LogP contribution >= 0.6 is 0 Å². The van der Waals surface area contributed by atoms with Crippen LogP contribution in [0, 0.1) is 17.8 Å². The summed E-state index contributed by atoms with van der Waals surface area (Å²) >= 11 is 0. The van der Waals surface area contributed by atoms with Gasteiger partial charge >= 0.3 is 5.97 Å². The number of esters is 1. The van der Waals surface area contributed by atoms with Gasteiger partial charge in [-0.15, -0.1) is 6.42 Å². The van der Waals surface area contributed by atoms with Crippen molar-refractivity contribution in [3.8, 4) is 12.3 Å². The van der Waals surface area contributed by atoms with Crippen LogP contribution in [0.5, 0.6) is 0 Å². The zero-order chi connectivity index (χ0) is 11.4. The van der Waals surface area contributed by atoms with E-state index in [2.05, 4.69) is 10.7 Å². The van der Waals surface area contributed by atoms with E-state index < -0.39 is 23.6 Å². The number of hydrogen-bond donors (Lipinski definition) is 2. The van der Waals surface area contributed by atoms with Crippen LogP contribution in [-0.2, 0) is 9.53 Å². The average Bonchev–Trinajstić information content (AvgIpc) is 2.10. The summed E-state index contributed by atoms with van der Waals surface area (Å²) in [6.07, 6.45) is 2.14. The van der Waals surface area contributed by atoms with Gasteiger partial charge in [0.1, 0.15) is 0 Å². The lowest BCUT2D eigenvalue weighted by Gasteiger charge is -2.28. The summed E-state index contributed by atoms with van der Waals surface area (Å²) in [4.78, 5) is 11.1. The molecule has 4 heteroatoms. The van der Waals surface area contributed by atoms with Crippen LogP contribution in [0.3, 0.4) is 0 Å². The molecule has 0 rings (SSSR count). The number of hydrogen-bond acceptors (Lipinski definition) is 4. The first-order valence-electron chi connectivity index (χ1n) is 4.27. The number of ether oxygens (including phenoxy) is 1. The molecule has 4 nitrogen and oxygen atoms in total. The second-order valence-corrected chi connectivity index (χ2v) is 4.07. The Labute approximate surface area is 83.9 Å². The standard InChI is InChI=1S/C10H16O4/c1-5-6-14-9(13)7(11)8(12)10(2,3)4/h1,7-8,11-12H,6H2,2-4H3. The SMILES string of the molecule is C#CCOC(=O)C(O)C(O)C(C)(C)C. The molecule has 14 heavy (non-hydrogen) atoms. The molecular formula is C10H16O4. The molecule has 0 heterocycles. The van der Waals surface area contributed by atoms with Gasteiger partial charge in [0.2, 0.25) is 0 Å². The quantitative estimate of drug-likeness (QED) is 0.494. The normalized spacial score (nSPS) is 15.4.